The zero-order valence-electron chi connectivity index (χ0n) is 15.2. The second-order valence-corrected chi connectivity index (χ2v) is 6.91. The number of amides is 3. The van der Waals surface area contributed by atoms with E-state index >= 15 is 0 Å². The molecule has 1 fully saturated rings. The summed E-state index contributed by atoms with van der Waals surface area (Å²) in [4.78, 5) is 31.7. The van der Waals surface area contributed by atoms with Crippen molar-refractivity contribution in [1.29, 1.82) is 0 Å². The molecule has 1 atom stereocenters. The third kappa shape index (κ3) is 4.97. The average Bonchev–Trinajstić information content (AvgIpc) is 3.07. The van der Waals surface area contributed by atoms with Gasteiger partial charge in [0.2, 0.25) is 5.91 Å². The summed E-state index contributed by atoms with van der Waals surface area (Å²) in [5.74, 6) is 0.610. The largest absolute Gasteiger partial charge is 0.346 e. The van der Waals surface area contributed by atoms with Crippen molar-refractivity contribution in [2.45, 2.75) is 57.5 Å². The van der Waals surface area contributed by atoms with E-state index in [9.17, 15) is 9.59 Å². The first-order valence-corrected chi connectivity index (χ1v) is 9.40. The van der Waals surface area contributed by atoms with E-state index in [1.54, 1.807) is 0 Å². The van der Waals surface area contributed by atoms with Gasteiger partial charge in [0, 0.05) is 19.0 Å². The SMILES string of the molecule is C[C@H](NC(=O)CCNC(=O)NC1CCCCC1)c1nc2ccccc2[nH]1. The third-order valence-corrected chi connectivity index (χ3v) is 4.77. The molecule has 26 heavy (non-hydrogen) atoms. The molecule has 1 aromatic carbocycles. The highest BCUT2D eigenvalue weighted by Gasteiger charge is 2.16. The van der Waals surface area contributed by atoms with Crippen molar-refractivity contribution in [3.63, 3.8) is 0 Å². The van der Waals surface area contributed by atoms with Crippen LogP contribution < -0.4 is 16.0 Å². The fourth-order valence-corrected chi connectivity index (χ4v) is 3.33. The van der Waals surface area contributed by atoms with E-state index in [0.717, 1.165) is 29.7 Å². The molecule has 7 nitrogen and oxygen atoms in total. The number of aromatic amines is 1. The zero-order chi connectivity index (χ0) is 18.4. The Bertz CT molecular complexity index is 718. The van der Waals surface area contributed by atoms with Crippen LogP contribution >= 0.6 is 0 Å². The molecule has 1 aliphatic rings. The lowest BCUT2D eigenvalue weighted by molar-refractivity contribution is -0.121. The van der Waals surface area contributed by atoms with Crippen LogP contribution in [-0.4, -0.2) is 34.5 Å². The van der Waals surface area contributed by atoms with Gasteiger partial charge in [0.15, 0.2) is 0 Å². The number of nitrogens with zero attached hydrogens (tertiary/aromatic N) is 1. The molecule has 4 N–H and O–H groups in total. The van der Waals surface area contributed by atoms with Gasteiger partial charge in [-0.2, -0.15) is 0 Å². The number of urea groups is 1. The molecule has 1 aromatic heterocycles. The van der Waals surface area contributed by atoms with Crippen molar-refractivity contribution in [2.24, 2.45) is 0 Å². The minimum atomic E-state index is -0.217. The number of carbonyl (C=O) groups is 2. The predicted octanol–water partition coefficient (Wildman–Crippen LogP) is 2.76. The molecule has 0 radical (unpaired) electrons. The Labute approximate surface area is 153 Å². The molecule has 2 aromatic rings. The van der Waals surface area contributed by atoms with Gasteiger partial charge in [-0.3, -0.25) is 4.79 Å². The van der Waals surface area contributed by atoms with Crippen LogP contribution in [0.15, 0.2) is 24.3 Å². The molecule has 0 bridgehead atoms. The molecule has 3 amide bonds. The summed E-state index contributed by atoms with van der Waals surface area (Å²) in [6.07, 6.45) is 5.93. The summed E-state index contributed by atoms with van der Waals surface area (Å²) >= 11 is 0. The molecule has 3 rings (SSSR count). The molecule has 7 heteroatoms. The summed E-state index contributed by atoms with van der Waals surface area (Å²) in [5.41, 5.74) is 1.83. The molecule has 1 aliphatic carbocycles. The molecule has 140 valence electrons. The van der Waals surface area contributed by atoms with Crippen molar-refractivity contribution in [3.05, 3.63) is 30.1 Å². The molecule has 1 heterocycles. The van der Waals surface area contributed by atoms with E-state index in [1.165, 1.54) is 19.3 Å². The molecule has 0 aliphatic heterocycles. The molecular formula is C19H27N5O2. The number of benzene rings is 1. The van der Waals surface area contributed by atoms with Crippen molar-refractivity contribution in [1.82, 2.24) is 25.9 Å². The van der Waals surface area contributed by atoms with Crippen LogP contribution in [-0.2, 0) is 4.79 Å². The lowest BCUT2D eigenvalue weighted by Gasteiger charge is -2.22. The number of nitrogens with one attached hydrogen (secondary N) is 4. The van der Waals surface area contributed by atoms with Crippen LogP contribution in [0, 0.1) is 0 Å². The number of aromatic nitrogens is 2. The summed E-state index contributed by atoms with van der Waals surface area (Å²) in [6, 6.07) is 7.62. The maximum Gasteiger partial charge on any atom is 0.315 e. The quantitative estimate of drug-likeness (QED) is 0.640. The van der Waals surface area contributed by atoms with Crippen molar-refractivity contribution in [3.8, 4) is 0 Å². The van der Waals surface area contributed by atoms with Gasteiger partial charge >= 0.3 is 6.03 Å². The van der Waals surface area contributed by atoms with Gasteiger partial charge in [-0.15, -0.1) is 0 Å². The Balaban J connectivity index is 1.38. The van der Waals surface area contributed by atoms with Crippen LogP contribution in [0.5, 0.6) is 0 Å². The normalized spacial score (nSPS) is 16.2. The number of hydrogen-bond donors (Lipinski definition) is 4. The second kappa shape index (κ2) is 8.69. The van der Waals surface area contributed by atoms with Gasteiger partial charge in [0.1, 0.15) is 5.82 Å². The minimum absolute atomic E-state index is 0.115. The van der Waals surface area contributed by atoms with E-state index in [0.29, 0.717) is 6.54 Å². The summed E-state index contributed by atoms with van der Waals surface area (Å²) < 4.78 is 0. The topological polar surface area (TPSA) is 98.9 Å². The monoisotopic (exact) mass is 357 g/mol. The highest BCUT2D eigenvalue weighted by Crippen LogP contribution is 2.17. The van der Waals surface area contributed by atoms with Crippen LogP contribution in [0.2, 0.25) is 0 Å². The Hall–Kier alpha value is -2.57. The van der Waals surface area contributed by atoms with Gasteiger partial charge in [0.05, 0.1) is 17.1 Å². The Morgan fingerprint density at radius 3 is 2.77 bits per heavy atom. The average molecular weight is 357 g/mol. The number of rotatable bonds is 6. The minimum Gasteiger partial charge on any atom is -0.346 e. The van der Waals surface area contributed by atoms with E-state index in [1.807, 2.05) is 31.2 Å². The maximum atomic E-state index is 12.1. The van der Waals surface area contributed by atoms with Crippen molar-refractivity contribution >= 4 is 23.0 Å². The van der Waals surface area contributed by atoms with Gasteiger partial charge < -0.3 is 20.9 Å². The zero-order valence-corrected chi connectivity index (χ0v) is 15.2. The fourth-order valence-electron chi connectivity index (χ4n) is 3.33. The first kappa shape index (κ1) is 18.2. The van der Waals surface area contributed by atoms with E-state index in [4.69, 9.17) is 0 Å². The standard InChI is InChI=1S/C19H27N5O2/c1-13(18-23-15-9-5-6-10-16(15)24-18)21-17(25)11-12-20-19(26)22-14-7-3-2-4-8-14/h5-6,9-10,13-14H,2-4,7-8,11-12H2,1H3,(H,21,25)(H,23,24)(H2,20,22,26)/t13-/m0/s1. The number of carbonyl (C=O) groups excluding carboxylic acids is 2. The lowest BCUT2D eigenvalue weighted by atomic mass is 9.96. The molecular weight excluding hydrogens is 330 g/mol. The van der Waals surface area contributed by atoms with Crippen LogP contribution in [0.3, 0.4) is 0 Å². The molecule has 0 spiro atoms. The number of fused-ring (bicyclic) bond motifs is 1. The van der Waals surface area contributed by atoms with Crippen LogP contribution in [0.1, 0.15) is 57.3 Å². The summed E-state index contributed by atoms with van der Waals surface area (Å²) in [6.45, 7) is 2.20. The predicted molar refractivity (Wildman–Crippen MR) is 101 cm³/mol. The van der Waals surface area contributed by atoms with Gasteiger partial charge in [-0.05, 0) is 31.9 Å². The molecule has 0 unspecified atom stereocenters. The summed E-state index contributed by atoms with van der Waals surface area (Å²) in [7, 11) is 0. The molecule has 0 saturated heterocycles. The first-order valence-electron chi connectivity index (χ1n) is 9.40. The fraction of sp³-hybridized carbons (Fsp3) is 0.526. The van der Waals surface area contributed by atoms with Gasteiger partial charge in [0.25, 0.3) is 0 Å². The maximum absolute atomic E-state index is 12.1. The van der Waals surface area contributed by atoms with Gasteiger partial charge in [-0.25, -0.2) is 9.78 Å². The van der Waals surface area contributed by atoms with Crippen molar-refractivity contribution < 1.29 is 9.59 Å². The molecule has 1 saturated carbocycles. The highest BCUT2D eigenvalue weighted by molar-refractivity contribution is 5.79. The Morgan fingerprint density at radius 2 is 2.00 bits per heavy atom. The van der Waals surface area contributed by atoms with Crippen LogP contribution in [0.25, 0.3) is 11.0 Å². The Morgan fingerprint density at radius 1 is 1.23 bits per heavy atom. The van der Waals surface area contributed by atoms with Crippen molar-refractivity contribution in [2.75, 3.05) is 6.54 Å². The lowest BCUT2D eigenvalue weighted by Crippen LogP contribution is -2.43. The third-order valence-electron chi connectivity index (χ3n) is 4.77. The van der Waals surface area contributed by atoms with Crippen LogP contribution in [0.4, 0.5) is 4.79 Å². The smallest absolute Gasteiger partial charge is 0.315 e. The first-order chi connectivity index (χ1) is 12.6. The number of H-pyrrole nitrogens is 1. The van der Waals surface area contributed by atoms with Gasteiger partial charge in [-0.1, -0.05) is 31.4 Å². The second-order valence-electron chi connectivity index (χ2n) is 6.91. The van der Waals surface area contributed by atoms with E-state index < -0.39 is 0 Å². The summed E-state index contributed by atoms with van der Waals surface area (Å²) in [5, 5.41) is 8.65. The van der Waals surface area contributed by atoms with E-state index in [2.05, 4.69) is 25.9 Å². The van der Waals surface area contributed by atoms with E-state index in [-0.39, 0.29) is 30.4 Å². The number of imidazole rings is 1. The number of para-hydroxylation sites is 2. The number of hydrogen-bond acceptors (Lipinski definition) is 3. The Kier molecular flexibility index (Phi) is 6.09. The highest BCUT2D eigenvalue weighted by atomic mass is 16.2.